The van der Waals surface area contributed by atoms with Crippen LogP contribution in [0.25, 0.3) is 0 Å². The van der Waals surface area contributed by atoms with Crippen molar-refractivity contribution in [2.24, 2.45) is 5.73 Å². The second-order valence-electron chi connectivity index (χ2n) is 6.77. The molecule has 0 aliphatic rings. The molecule has 2 aromatic carbocycles. The number of hydrogen-bond donors (Lipinski definition) is 3. The Morgan fingerprint density at radius 2 is 1.74 bits per heavy atom. The Kier molecular flexibility index (Phi) is 7.36. The van der Waals surface area contributed by atoms with E-state index in [-0.39, 0.29) is 28.8 Å². The average Bonchev–Trinajstić information content (AvgIpc) is 2.54. The predicted molar refractivity (Wildman–Crippen MR) is 106 cm³/mol. The van der Waals surface area contributed by atoms with Crippen molar-refractivity contribution in [3.05, 3.63) is 59.4 Å². The maximum atomic E-state index is 13.3. The molecule has 0 heterocycles. The van der Waals surface area contributed by atoms with E-state index in [0.717, 1.165) is 6.07 Å². The number of benzene rings is 2. The molecule has 0 radical (unpaired) electrons. The molecule has 27 heavy (non-hydrogen) atoms. The van der Waals surface area contributed by atoms with E-state index in [1.807, 2.05) is 0 Å². The second kappa shape index (κ2) is 8.69. The molecule has 0 saturated carbocycles. The van der Waals surface area contributed by atoms with E-state index in [9.17, 15) is 17.6 Å². The summed E-state index contributed by atoms with van der Waals surface area (Å²) in [5, 5.41) is 2.71. The van der Waals surface area contributed by atoms with Crippen LogP contribution in [0.4, 0.5) is 10.1 Å². The molecule has 0 unspecified atom stereocenters. The van der Waals surface area contributed by atoms with Gasteiger partial charge in [-0.1, -0.05) is 0 Å². The maximum absolute atomic E-state index is 13.3. The highest BCUT2D eigenvalue weighted by Crippen LogP contribution is 2.19. The number of sulfonamides is 1. The SMILES string of the molecule is Cc1cc(S(=O)(=O)Nc2ccc(C(=O)NCC(C)(C)N)cc2)ccc1F.Cl. The standard InChI is InChI=1S/C18H22FN3O3S.ClH/c1-12-10-15(8-9-16(12)19)26(24,25)22-14-6-4-13(5-7-14)17(23)21-11-18(2,3)20;/h4-10,22H,11,20H2,1-3H3,(H,21,23);1H. The summed E-state index contributed by atoms with van der Waals surface area (Å²) in [6, 6.07) is 9.54. The average molecular weight is 416 g/mol. The van der Waals surface area contributed by atoms with E-state index in [1.165, 1.54) is 43.3 Å². The number of hydrogen-bond acceptors (Lipinski definition) is 4. The van der Waals surface area contributed by atoms with Gasteiger partial charge >= 0.3 is 0 Å². The first-order valence-corrected chi connectivity index (χ1v) is 9.42. The van der Waals surface area contributed by atoms with Crippen molar-refractivity contribution in [2.75, 3.05) is 11.3 Å². The zero-order valence-corrected chi connectivity index (χ0v) is 16.9. The molecule has 9 heteroatoms. The molecule has 0 aliphatic heterocycles. The monoisotopic (exact) mass is 415 g/mol. The van der Waals surface area contributed by atoms with Crippen LogP contribution in [-0.2, 0) is 10.0 Å². The minimum absolute atomic E-state index is 0. The lowest BCUT2D eigenvalue weighted by Gasteiger charge is -2.18. The lowest BCUT2D eigenvalue weighted by Crippen LogP contribution is -2.45. The molecule has 4 N–H and O–H groups in total. The highest BCUT2D eigenvalue weighted by atomic mass is 35.5. The van der Waals surface area contributed by atoms with Gasteiger partial charge in [0, 0.05) is 23.3 Å². The number of nitrogens with two attached hydrogens (primary N) is 1. The molecule has 6 nitrogen and oxygen atoms in total. The van der Waals surface area contributed by atoms with Gasteiger partial charge in [-0.3, -0.25) is 9.52 Å². The highest BCUT2D eigenvalue weighted by Gasteiger charge is 2.16. The van der Waals surface area contributed by atoms with E-state index >= 15 is 0 Å². The Morgan fingerprint density at radius 1 is 1.15 bits per heavy atom. The van der Waals surface area contributed by atoms with Gasteiger partial charge in [-0.15, -0.1) is 12.4 Å². The Labute approximate surface area is 164 Å². The molecule has 2 aromatic rings. The van der Waals surface area contributed by atoms with Crippen molar-refractivity contribution in [1.82, 2.24) is 5.32 Å². The normalized spacial score (nSPS) is 11.4. The van der Waals surface area contributed by atoms with E-state index < -0.39 is 21.4 Å². The molecule has 0 saturated heterocycles. The van der Waals surface area contributed by atoms with Gasteiger partial charge in [-0.2, -0.15) is 0 Å². The number of rotatable bonds is 6. The van der Waals surface area contributed by atoms with Gasteiger partial charge in [-0.25, -0.2) is 12.8 Å². The second-order valence-corrected chi connectivity index (χ2v) is 8.45. The van der Waals surface area contributed by atoms with Crippen LogP contribution in [0.2, 0.25) is 0 Å². The third-order valence-electron chi connectivity index (χ3n) is 3.54. The third kappa shape index (κ3) is 6.50. The fourth-order valence-corrected chi connectivity index (χ4v) is 3.24. The molecule has 0 fully saturated rings. The molecule has 0 aromatic heterocycles. The van der Waals surface area contributed by atoms with Crippen molar-refractivity contribution < 1.29 is 17.6 Å². The molecule has 1 amide bonds. The Bertz CT molecular complexity index is 910. The quantitative estimate of drug-likeness (QED) is 0.675. The molecule has 0 bridgehead atoms. The smallest absolute Gasteiger partial charge is 0.261 e. The lowest BCUT2D eigenvalue weighted by molar-refractivity contribution is 0.0946. The summed E-state index contributed by atoms with van der Waals surface area (Å²) in [6.45, 7) is 5.39. The summed E-state index contributed by atoms with van der Waals surface area (Å²) in [4.78, 5) is 12.0. The fourth-order valence-electron chi connectivity index (χ4n) is 2.10. The summed E-state index contributed by atoms with van der Waals surface area (Å²) in [7, 11) is -3.85. The van der Waals surface area contributed by atoms with Crippen LogP contribution in [0.15, 0.2) is 47.4 Å². The highest BCUT2D eigenvalue weighted by molar-refractivity contribution is 7.92. The maximum Gasteiger partial charge on any atom is 0.261 e. The van der Waals surface area contributed by atoms with Crippen LogP contribution in [0.5, 0.6) is 0 Å². The molecule has 2 rings (SSSR count). The topological polar surface area (TPSA) is 101 Å². The van der Waals surface area contributed by atoms with Crippen LogP contribution in [0, 0.1) is 12.7 Å². The molecule has 0 atom stereocenters. The fraction of sp³-hybridized carbons (Fsp3) is 0.278. The minimum atomic E-state index is -3.85. The third-order valence-corrected chi connectivity index (χ3v) is 4.92. The largest absolute Gasteiger partial charge is 0.350 e. The lowest BCUT2D eigenvalue weighted by atomic mass is 10.1. The first kappa shape index (κ1) is 22.9. The first-order chi connectivity index (χ1) is 12.0. The summed E-state index contributed by atoms with van der Waals surface area (Å²) in [5.41, 5.74) is 6.20. The van der Waals surface area contributed by atoms with Gasteiger partial charge in [0.15, 0.2) is 0 Å². The predicted octanol–water partition coefficient (Wildman–Crippen LogP) is 2.82. The van der Waals surface area contributed by atoms with Crippen molar-refractivity contribution in [2.45, 2.75) is 31.2 Å². The Balaban J connectivity index is 0.00000364. The zero-order valence-electron chi connectivity index (χ0n) is 15.2. The van der Waals surface area contributed by atoms with Crippen molar-refractivity contribution in [3.8, 4) is 0 Å². The van der Waals surface area contributed by atoms with Gasteiger partial charge in [0.1, 0.15) is 5.82 Å². The van der Waals surface area contributed by atoms with Crippen LogP contribution < -0.4 is 15.8 Å². The molecular weight excluding hydrogens is 393 g/mol. The van der Waals surface area contributed by atoms with E-state index in [2.05, 4.69) is 10.0 Å². The van der Waals surface area contributed by atoms with Crippen LogP contribution in [-0.4, -0.2) is 26.4 Å². The number of amides is 1. The number of carbonyl (C=O) groups is 1. The van der Waals surface area contributed by atoms with E-state index in [1.54, 1.807) is 13.8 Å². The summed E-state index contributed by atoms with van der Waals surface area (Å²) in [5.74, 6) is -0.771. The van der Waals surface area contributed by atoms with Crippen LogP contribution in [0.3, 0.4) is 0 Å². The minimum Gasteiger partial charge on any atom is -0.350 e. The number of anilines is 1. The number of aryl methyl sites for hydroxylation is 1. The Hall–Kier alpha value is -2.16. The molecular formula is C18H23ClFN3O3S. The number of carbonyl (C=O) groups excluding carboxylic acids is 1. The van der Waals surface area contributed by atoms with Crippen molar-refractivity contribution in [1.29, 1.82) is 0 Å². The van der Waals surface area contributed by atoms with Crippen molar-refractivity contribution in [3.63, 3.8) is 0 Å². The number of nitrogens with one attached hydrogen (secondary N) is 2. The van der Waals surface area contributed by atoms with E-state index in [0.29, 0.717) is 17.8 Å². The molecule has 148 valence electrons. The summed E-state index contributed by atoms with van der Waals surface area (Å²) >= 11 is 0. The zero-order chi connectivity index (χ0) is 19.5. The molecule has 0 spiro atoms. The van der Waals surface area contributed by atoms with Gasteiger partial charge in [0.25, 0.3) is 15.9 Å². The molecule has 0 aliphatic carbocycles. The van der Waals surface area contributed by atoms with E-state index in [4.69, 9.17) is 5.73 Å². The van der Waals surface area contributed by atoms with Gasteiger partial charge in [-0.05, 0) is 68.8 Å². The van der Waals surface area contributed by atoms with Gasteiger partial charge < -0.3 is 11.1 Å². The summed E-state index contributed by atoms with van der Waals surface area (Å²) in [6.07, 6.45) is 0. The summed E-state index contributed by atoms with van der Waals surface area (Å²) < 4.78 is 40.5. The first-order valence-electron chi connectivity index (χ1n) is 7.94. The van der Waals surface area contributed by atoms with Gasteiger partial charge in [0.05, 0.1) is 4.90 Å². The van der Waals surface area contributed by atoms with Crippen molar-refractivity contribution >= 4 is 34.0 Å². The Morgan fingerprint density at radius 3 is 2.26 bits per heavy atom. The van der Waals surface area contributed by atoms with Gasteiger partial charge in [0.2, 0.25) is 0 Å². The number of halogens is 2. The van der Waals surface area contributed by atoms with Crippen LogP contribution >= 0.6 is 12.4 Å². The van der Waals surface area contributed by atoms with Crippen LogP contribution in [0.1, 0.15) is 29.8 Å².